The van der Waals surface area contributed by atoms with Crippen LogP contribution in [0.3, 0.4) is 0 Å². The normalized spacial score (nSPS) is 12.5. The van der Waals surface area contributed by atoms with E-state index < -0.39 is 29.1 Å². The Kier molecular flexibility index (Phi) is 19.2. The molecule has 0 bridgehead atoms. The van der Waals surface area contributed by atoms with Crippen LogP contribution >= 0.6 is 0 Å². The second-order valence-electron chi connectivity index (χ2n) is 18.7. The summed E-state index contributed by atoms with van der Waals surface area (Å²) >= 11 is 0. The Morgan fingerprint density at radius 1 is 0.571 bits per heavy atom. The van der Waals surface area contributed by atoms with Crippen molar-refractivity contribution in [3.63, 3.8) is 0 Å². The van der Waals surface area contributed by atoms with Crippen molar-refractivity contribution < 1.29 is 19.1 Å². The van der Waals surface area contributed by atoms with E-state index in [9.17, 15) is 9.59 Å². The van der Waals surface area contributed by atoms with Crippen molar-refractivity contribution >= 4 is 11.9 Å². The summed E-state index contributed by atoms with van der Waals surface area (Å²) in [4.78, 5) is 24.6. The lowest BCUT2D eigenvalue weighted by atomic mass is 9.87. The van der Waals surface area contributed by atoms with Crippen LogP contribution < -0.4 is 0 Å². The average Bonchev–Trinajstić information content (AvgIpc) is 2.65. The zero-order chi connectivity index (χ0) is 34.4. The second-order valence-corrected chi connectivity index (χ2v) is 18.7. The van der Waals surface area contributed by atoms with E-state index in [1.165, 1.54) is 5.56 Å². The number of carbonyl (C=O) groups excluding carboxylic acids is 2. The van der Waals surface area contributed by atoms with Gasteiger partial charge in [-0.15, -0.1) is 0 Å². The molecule has 0 aliphatic carbocycles. The van der Waals surface area contributed by atoms with E-state index in [1.54, 1.807) is 41.5 Å². The van der Waals surface area contributed by atoms with Gasteiger partial charge >= 0.3 is 11.9 Å². The van der Waals surface area contributed by atoms with Gasteiger partial charge in [0, 0.05) is 0 Å². The molecule has 248 valence electrons. The Labute approximate surface area is 263 Å². The Bertz CT molecular complexity index is 804. The summed E-state index contributed by atoms with van der Waals surface area (Å²) in [6, 6.07) is 10.6. The van der Waals surface area contributed by atoms with Crippen LogP contribution in [0.1, 0.15) is 163 Å². The van der Waals surface area contributed by atoms with E-state index in [-0.39, 0.29) is 5.41 Å². The highest BCUT2D eigenvalue weighted by Gasteiger charge is 2.34. The fourth-order valence-electron chi connectivity index (χ4n) is 2.85. The molecule has 0 fully saturated rings. The van der Waals surface area contributed by atoms with Crippen LogP contribution in [0, 0.1) is 22.2 Å². The van der Waals surface area contributed by atoms with Crippen LogP contribution in [0.25, 0.3) is 0 Å². The standard InChI is InChI=1S/C18H34O4.C10H14.2C5H12/c1-16(2,3)12-10-11-13(14(19)21-17(4,5)6)15(20)22-18(7,8)9;1-10(2,3)9-7-5-4-6-8-9;2*1-5(2,3)4/h13H,10-12H2,1-9H3;4-8H,1-3H3;2*1-4H3. The van der Waals surface area contributed by atoms with Crippen molar-refractivity contribution in [3.05, 3.63) is 35.9 Å². The minimum atomic E-state index is -0.846. The molecule has 1 aromatic rings. The van der Waals surface area contributed by atoms with Crippen LogP contribution in [0.2, 0.25) is 0 Å². The summed E-state index contributed by atoms with van der Waals surface area (Å²) in [6.45, 7) is 41.4. The lowest BCUT2D eigenvalue weighted by Gasteiger charge is -2.27. The molecule has 4 heteroatoms. The fraction of sp³-hybridized carbons (Fsp3) is 0.789. The second kappa shape index (κ2) is 18.1. The van der Waals surface area contributed by atoms with E-state index in [4.69, 9.17) is 9.47 Å². The first-order valence-corrected chi connectivity index (χ1v) is 15.7. The summed E-state index contributed by atoms with van der Waals surface area (Å²) in [5.41, 5.74) is 1.64. The molecule has 42 heavy (non-hydrogen) atoms. The summed E-state index contributed by atoms with van der Waals surface area (Å²) in [6.07, 6.45) is 2.18. The van der Waals surface area contributed by atoms with Gasteiger partial charge in [-0.2, -0.15) is 0 Å². The molecule has 0 amide bonds. The van der Waals surface area contributed by atoms with Gasteiger partial charge in [0.25, 0.3) is 0 Å². The van der Waals surface area contributed by atoms with Crippen LogP contribution in [0.15, 0.2) is 30.3 Å². The number of hydrogen-bond donors (Lipinski definition) is 0. The Morgan fingerprint density at radius 2 is 0.881 bits per heavy atom. The maximum atomic E-state index is 12.3. The molecule has 0 saturated heterocycles. The van der Waals surface area contributed by atoms with E-state index in [0.717, 1.165) is 12.8 Å². The molecule has 0 radical (unpaired) electrons. The zero-order valence-corrected chi connectivity index (χ0v) is 31.7. The van der Waals surface area contributed by atoms with Gasteiger partial charge in [0.05, 0.1) is 0 Å². The SMILES string of the molecule is CC(C)(C)C.CC(C)(C)C.CC(C)(C)CCCC(C(=O)OC(C)(C)C)C(=O)OC(C)(C)C.CC(C)(C)c1ccccc1. The molecule has 0 aromatic heterocycles. The lowest BCUT2D eigenvalue weighted by molar-refractivity contribution is -0.174. The molecule has 0 unspecified atom stereocenters. The largest absolute Gasteiger partial charge is 0.459 e. The maximum Gasteiger partial charge on any atom is 0.320 e. The fourth-order valence-corrected chi connectivity index (χ4v) is 2.85. The van der Waals surface area contributed by atoms with Gasteiger partial charge in [-0.05, 0) is 81.6 Å². The van der Waals surface area contributed by atoms with Crippen LogP contribution in [0.5, 0.6) is 0 Å². The summed E-state index contributed by atoms with van der Waals surface area (Å²) < 4.78 is 10.8. The smallest absolute Gasteiger partial charge is 0.320 e. The topological polar surface area (TPSA) is 52.6 Å². The highest BCUT2D eigenvalue weighted by atomic mass is 16.6. The molecular weight excluding hydrogens is 520 g/mol. The molecule has 0 heterocycles. The van der Waals surface area contributed by atoms with Gasteiger partial charge in [-0.3, -0.25) is 9.59 Å². The van der Waals surface area contributed by atoms with Gasteiger partial charge in [-0.25, -0.2) is 0 Å². The van der Waals surface area contributed by atoms with E-state index in [1.807, 2.05) is 0 Å². The molecule has 0 atom stereocenters. The van der Waals surface area contributed by atoms with E-state index in [2.05, 4.69) is 127 Å². The number of ether oxygens (including phenoxy) is 2. The van der Waals surface area contributed by atoms with Gasteiger partial charge < -0.3 is 9.47 Å². The predicted molar refractivity (Wildman–Crippen MR) is 184 cm³/mol. The third kappa shape index (κ3) is 38.2. The first kappa shape index (κ1) is 44.6. The number of hydrogen-bond acceptors (Lipinski definition) is 4. The summed E-state index contributed by atoms with van der Waals surface area (Å²) in [5, 5.41) is 0. The van der Waals surface area contributed by atoms with Gasteiger partial charge in [0.15, 0.2) is 5.92 Å². The van der Waals surface area contributed by atoms with Gasteiger partial charge in [0.2, 0.25) is 0 Å². The van der Waals surface area contributed by atoms with Crippen molar-refractivity contribution in [2.24, 2.45) is 22.2 Å². The first-order valence-electron chi connectivity index (χ1n) is 15.7. The number of benzene rings is 1. The monoisotopic (exact) mass is 593 g/mol. The molecule has 0 N–H and O–H groups in total. The van der Waals surface area contributed by atoms with Crippen molar-refractivity contribution in [3.8, 4) is 0 Å². The van der Waals surface area contributed by atoms with Crippen molar-refractivity contribution in [2.45, 2.75) is 174 Å². The van der Waals surface area contributed by atoms with Crippen molar-refractivity contribution in [2.75, 3.05) is 0 Å². The third-order valence-corrected chi connectivity index (χ3v) is 4.44. The number of rotatable bonds is 5. The van der Waals surface area contributed by atoms with Crippen LogP contribution in [0.4, 0.5) is 0 Å². The molecular formula is C38H72O4. The molecule has 0 saturated carbocycles. The first-order chi connectivity index (χ1) is 18.2. The predicted octanol–water partition coefficient (Wildman–Crippen LogP) is 11.6. The van der Waals surface area contributed by atoms with Crippen LogP contribution in [-0.2, 0) is 24.5 Å². The highest BCUT2D eigenvalue weighted by molar-refractivity contribution is 5.95. The molecule has 4 nitrogen and oxygen atoms in total. The summed E-state index contributed by atoms with van der Waals surface area (Å²) in [7, 11) is 0. The molecule has 1 aromatic carbocycles. The Hall–Kier alpha value is -1.84. The van der Waals surface area contributed by atoms with E-state index in [0.29, 0.717) is 22.7 Å². The molecule has 0 aliphatic rings. The zero-order valence-electron chi connectivity index (χ0n) is 31.7. The Morgan fingerprint density at radius 3 is 1.10 bits per heavy atom. The molecule has 1 rings (SSSR count). The van der Waals surface area contributed by atoms with Gasteiger partial charge in [-0.1, -0.05) is 134 Å². The summed E-state index contributed by atoms with van der Waals surface area (Å²) in [5.74, 6) is -1.83. The van der Waals surface area contributed by atoms with Crippen LogP contribution in [-0.4, -0.2) is 23.1 Å². The molecule has 0 aliphatic heterocycles. The van der Waals surface area contributed by atoms with E-state index >= 15 is 0 Å². The number of carbonyl (C=O) groups is 2. The maximum absolute atomic E-state index is 12.3. The highest BCUT2D eigenvalue weighted by Crippen LogP contribution is 2.26. The lowest BCUT2D eigenvalue weighted by Crippen LogP contribution is -2.37. The minimum Gasteiger partial charge on any atom is -0.459 e. The quantitative estimate of drug-likeness (QED) is 0.252. The third-order valence-electron chi connectivity index (χ3n) is 4.44. The average molecular weight is 593 g/mol. The van der Waals surface area contributed by atoms with Crippen molar-refractivity contribution in [1.82, 2.24) is 0 Å². The minimum absolute atomic E-state index is 0.173. The number of esters is 2. The van der Waals surface area contributed by atoms with Crippen molar-refractivity contribution in [1.29, 1.82) is 0 Å². The van der Waals surface area contributed by atoms with Gasteiger partial charge in [0.1, 0.15) is 11.2 Å². The Balaban J connectivity index is -0.000000616. The molecule has 0 spiro atoms.